The Hall–Kier alpha value is -2.30. The van der Waals surface area contributed by atoms with E-state index in [1.165, 1.54) is 0 Å². The number of rotatable bonds is 10. The molecule has 0 spiro atoms. The Morgan fingerprint density at radius 1 is 1.37 bits per heavy atom. The Morgan fingerprint density at radius 3 is 2.85 bits per heavy atom. The molecule has 9 nitrogen and oxygen atoms in total. The van der Waals surface area contributed by atoms with Gasteiger partial charge < -0.3 is 24.7 Å². The molecule has 0 aliphatic rings. The lowest BCUT2D eigenvalue weighted by molar-refractivity contribution is -0.115. The van der Waals surface area contributed by atoms with Crippen LogP contribution in [0.3, 0.4) is 0 Å². The SMILES string of the molecule is CCC(=O)Nc1cccc(-c2nncn2[C@@H](C)CCCOC(C)B(O)O)n1. The van der Waals surface area contributed by atoms with E-state index < -0.39 is 13.1 Å². The quantitative estimate of drug-likeness (QED) is 0.424. The van der Waals surface area contributed by atoms with E-state index >= 15 is 0 Å². The predicted octanol–water partition coefficient (Wildman–Crippen LogP) is 1.45. The zero-order valence-corrected chi connectivity index (χ0v) is 15.9. The largest absolute Gasteiger partial charge is 0.482 e. The molecule has 10 heteroatoms. The first kappa shape index (κ1) is 21.0. The molecule has 0 aliphatic carbocycles. The lowest BCUT2D eigenvalue weighted by Gasteiger charge is -2.16. The van der Waals surface area contributed by atoms with Gasteiger partial charge in [0.2, 0.25) is 5.91 Å². The number of ether oxygens (including phenoxy) is 1. The van der Waals surface area contributed by atoms with E-state index in [1.54, 1.807) is 26.2 Å². The van der Waals surface area contributed by atoms with Crippen LogP contribution in [0.4, 0.5) is 5.82 Å². The van der Waals surface area contributed by atoms with Crippen LogP contribution in [0, 0.1) is 0 Å². The molecular weight excluding hydrogens is 349 g/mol. The predicted molar refractivity (Wildman–Crippen MR) is 102 cm³/mol. The summed E-state index contributed by atoms with van der Waals surface area (Å²) >= 11 is 0. The number of hydrogen-bond donors (Lipinski definition) is 3. The van der Waals surface area contributed by atoms with E-state index in [0.717, 1.165) is 12.8 Å². The second-order valence-corrected chi connectivity index (χ2v) is 6.35. The maximum atomic E-state index is 11.6. The molecule has 0 bridgehead atoms. The van der Waals surface area contributed by atoms with Crippen molar-refractivity contribution in [3.63, 3.8) is 0 Å². The second-order valence-electron chi connectivity index (χ2n) is 6.35. The molecule has 1 amide bonds. The number of nitrogens with zero attached hydrogens (tertiary/aromatic N) is 4. The van der Waals surface area contributed by atoms with Crippen LogP contribution < -0.4 is 5.32 Å². The van der Waals surface area contributed by atoms with Crippen molar-refractivity contribution >= 4 is 18.8 Å². The highest BCUT2D eigenvalue weighted by Gasteiger charge is 2.19. The van der Waals surface area contributed by atoms with Crippen LogP contribution >= 0.6 is 0 Å². The number of hydrogen-bond acceptors (Lipinski definition) is 7. The average Bonchev–Trinajstić information content (AvgIpc) is 3.14. The van der Waals surface area contributed by atoms with E-state index in [0.29, 0.717) is 30.4 Å². The zero-order valence-electron chi connectivity index (χ0n) is 15.9. The number of carbonyl (C=O) groups excluding carboxylic acids is 1. The van der Waals surface area contributed by atoms with Gasteiger partial charge in [0.1, 0.15) is 17.8 Å². The van der Waals surface area contributed by atoms with Gasteiger partial charge in [-0.25, -0.2) is 4.98 Å². The minimum Gasteiger partial charge on any atom is -0.425 e. The Bertz CT molecular complexity index is 740. The van der Waals surface area contributed by atoms with Crippen LogP contribution in [0.25, 0.3) is 11.5 Å². The minimum atomic E-state index is -1.47. The van der Waals surface area contributed by atoms with Crippen molar-refractivity contribution in [1.29, 1.82) is 0 Å². The molecule has 2 heterocycles. The molecule has 0 aromatic carbocycles. The third-order valence-electron chi connectivity index (χ3n) is 4.18. The fourth-order valence-electron chi connectivity index (χ4n) is 2.48. The number of pyridine rings is 1. The molecule has 2 aromatic rings. The van der Waals surface area contributed by atoms with Crippen LogP contribution in [0.1, 0.15) is 46.1 Å². The van der Waals surface area contributed by atoms with E-state index in [1.807, 2.05) is 23.6 Å². The van der Waals surface area contributed by atoms with Gasteiger partial charge in [0.05, 0.1) is 6.00 Å². The topological polar surface area (TPSA) is 122 Å². The van der Waals surface area contributed by atoms with E-state index in [2.05, 4.69) is 20.5 Å². The lowest BCUT2D eigenvalue weighted by atomic mass is 9.84. The van der Waals surface area contributed by atoms with Gasteiger partial charge in [0.25, 0.3) is 0 Å². The number of anilines is 1. The maximum absolute atomic E-state index is 11.6. The van der Waals surface area contributed by atoms with Gasteiger partial charge in [-0.05, 0) is 38.8 Å². The summed E-state index contributed by atoms with van der Waals surface area (Å²) in [5, 5.41) is 28.9. The Labute approximate surface area is 158 Å². The summed E-state index contributed by atoms with van der Waals surface area (Å²) in [4.78, 5) is 16.0. The summed E-state index contributed by atoms with van der Waals surface area (Å²) in [7, 11) is -1.47. The molecular formula is C17H26BN5O4. The van der Waals surface area contributed by atoms with Crippen molar-refractivity contribution in [3.8, 4) is 11.5 Å². The number of carbonyl (C=O) groups is 1. The van der Waals surface area contributed by atoms with Crippen LogP contribution in [0.2, 0.25) is 0 Å². The first-order valence-corrected chi connectivity index (χ1v) is 9.06. The van der Waals surface area contributed by atoms with Crippen molar-refractivity contribution in [1.82, 2.24) is 19.7 Å². The number of amides is 1. The minimum absolute atomic E-state index is 0.100. The molecule has 146 valence electrons. The summed E-state index contributed by atoms with van der Waals surface area (Å²) in [5.41, 5.74) is 0.626. The van der Waals surface area contributed by atoms with Crippen LogP contribution in [0.5, 0.6) is 0 Å². The lowest BCUT2D eigenvalue weighted by Crippen LogP contribution is -2.31. The summed E-state index contributed by atoms with van der Waals surface area (Å²) < 4.78 is 7.28. The van der Waals surface area contributed by atoms with Crippen LogP contribution in [0.15, 0.2) is 24.5 Å². The van der Waals surface area contributed by atoms with Gasteiger partial charge in [-0.15, -0.1) is 10.2 Å². The third kappa shape index (κ3) is 6.12. The van der Waals surface area contributed by atoms with E-state index in [9.17, 15) is 4.79 Å². The molecule has 0 radical (unpaired) electrons. The van der Waals surface area contributed by atoms with Crippen molar-refractivity contribution in [2.24, 2.45) is 0 Å². The first-order valence-electron chi connectivity index (χ1n) is 9.06. The molecule has 2 rings (SSSR count). The van der Waals surface area contributed by atoms with Gasteiger partial charge in [-0.3, -0.25) is 4.79 Å². The monoisotopic (exact) mass is 375 g/mol. The molecule has 0 fully saturated rings. The highest BCUT2D eigenvalue weighted by Crippen LogP contribution is 2.22. The zero-order chi connectivity index (χ0) is 19.8. The molecule has 2 aromatic heterocycles. The molecule has 0 saturated carbocycles. The van der Waals surface area contributed by atoms with E-state index in [4.69, 9.17) is 14.8 Å². The van der Waals surface area contributed by atoms with Gasteiger partial charge in [-0.1, -0.05) is 13.0 Å². The van der Waals surface area contributed by atoms with Gasteiger partial charge in [0, 0.05) is 19.1 Å². The van der Waals surface area contributed by atoms with E-state index in [-0.39, 0.29) is 11.9 Å². The normalized spacial score (nSPS) is 13.2. The number of aromatic nitrogens is 4. The van der Waals surface area contributed by atoms with Crippen molar-refractivity contribution in [2.75, 3.05) is 11.9 Å². The van der Waals surface area contributed by atoms with Gasteiger partial charge in [-0.2, -0.15) is 0 Å². The molecule has 0 saturated heterocycles. The number of nitrogens with one attached hydrogen (secondary N) is 1. The van der Waals surface area contributed by atoms with Crippen LogP contribution in [-0.4, -0.2) is 55.4 Å². The molecule has 1 unspecified atom stereocenters. The summed E-state index contributed by atoms with van der Waals surface area (Å²) in [5.74, 6) is 0.998. The maximum Gasteiger partial charge on any atom is 0.482 e. The van der Waals surface area contributed by atoms with Crippen molar-refractivity contribution in [2.45, 2.75) is 52.1 Å². The van der Waals surface area contributed by atoms with Crippen molar-refractivity contribution in [3.05, 3.63) is 24.5 Å². The Kier molecular flexibility index (Phi) is 7.90. The molecule has 3 N–H and O–H groups in total. The van der Waals surface area contributed by atoms with Crippen molar-refractivity contribution < 1.29 is 19.6 Å². The average molecular weight is 375 g/mol. The first-order chi connectivity index (χ1) is 12.9. The smallest absolute Gasteiger partial charge is 0.425 e. The third-order valence-corrected chi connectivity index (χ3v) is 4.18. The molecule has 0 aliphatic heterocycles. The highest BCUT2D eigenvalue weighted by atomic mass is 16.5. The summed E-state index contributed by atoms with van der Waals surface area (Å²) in [6.45, 7) is 5.86. The summed E-state index contributed by atoms with van der Waals surface area (Å²) in [6.07, 6.45) is 3.58. The standard InChI is InChI=1S/C17H26BN5O4/c1-4-16(24)21-15-9-5-8-14(20-15)17-22-19-11-23(17)12(2)7-6-10-27-13(3)18(25)26/h5,8-9,11-13,25-26H,4,6-7,10H2,1-3H3,(H,20,21,24)/t12-,13?/m0/s1. The molecule has 27 heavy (non-hydrogen) atoms. The Balaban J connectivity index is 2.00. The molecule has 2 atom stereocenters. The fourth-order valence-corrected chi connectivity index (χ4v) is 2.48. The fraction of sp³-hybridized carbons (Fsp3) is 0.529. The second kappa shape index (κ2) is 10.1. The van der Waals surface area contributed by atoms with Gasteiger partial charge >= 0.3 is 7.12 Å². The van der Waals surface area contributed by atoms with Crippen LogP contribution in [-0.2, 0) is 9.53 Å². The van der Waals surface area contributed by atoms with Gasteiger partial charge in [0.15, 0.2) is 5.82 Å². The summed E-state index contributed by atoms with van der Waals surface area (Å²) in [6, 6.07) is 4.85. The Morgan fingerprint density at radius 2 is 2.15 bits per heavy atom. The highest BCUT2D eigenvalue weighted by molar-refractivity contribution is 6.42.